The molecule has 0 spiro atoms. The Morgan fingerprint density at radius 2 is 1.76 bits per heavy atom. The molecule has 1 N–H and O–H groups in total. The maximum atomic E-state index is 11.8. The van der Waals surface area contributed by atoms with Gasteiger partial charge in [-0.2, -0.15) is 0 Å². The van der Waals surface area contributed by atoms with Gasteiger partial charge in [-0.05, 0) is 91.3 Å². The van der Waals surface area contributed by atoms with E-state index in [4.69, 9.17) is 4.74 Å². The van der Waals surface area contributed by atoms with Crippen LogP contribution < -0.4 is 5.32 Å². The van der Waals surface area contributed by atoms with Crippen LogP contribution >= 0.6 is 0 Å². The highest BCUT2D eigenvalue weighted by Gasteiger charge is 2.25. The fraction of sp³-hybridized carbons (Fsp3) is 0.941. The Balaban J connectivity index is 1.60. The first-order valence-corrected chi connectivity index (χ1v) is 8.64. The molecule has 1 aliphatic carbocycles. The Morgan fingerprint density at radius 3 is 2.33 bits per heavy atom. The number of likely N-dealkylation sites (tertiary alicyclic amines) is 1. The summed E-state index contributed by atoms with van der Waals surface area (Å²) in [4.78, 5) is 14.4. The first-order valence-electron chi connectivity index (χ1n) is 8.64. The highest BCUT2D eigenvalue weighted by Crippen LogP contribution is 2.27. The number of carbonyl (C=O) groups is 1. The van der Waals surface area contributed by atoms with Crippen LogP contribution in [-0.4, -0.2) is 42.3 Å². The van der Waals surface area contributed by atoms with Gasteiger partial charge in [-0.25, -0.2) is 4.79 Å². The van der Waals surface area contributed by atoms with Crippen molar-refractivity contribution in [2.75, 3.05) is 19.6 Å². The molecule has 0 aromatic heterocycles. The monoisotopic (exact) mass is 296 g/mol. The molecule has 0 aromatic carbocycles. The predicted octanol–water partition coefficient (Wildman–Crippen LogP) is 3.56. The first-order chi connectivity index (χ1) is 9.92. The van der Waals surface area contributed by atoms with Gasteiger partial charge in [0.2, 0.25) is 0 Å². The molecule has 2 fully saturated rings. The normalized spacial score (nSPS) is 27.6. The number of hydrogen-bond acceptors (Lipinski definition) is 3. The Hall–Kier alpha value is -0.770. The summed E-state index contributed by atoms with van der Waals surface area (Å²) in [5, 5.41) is 3.02. The molecule has 1 saturated heterocycles. The van der Waals surface area contributed by atoms with Crippen molar-refractivity contribution in [2.24, 2.45) is 5.92 Å². The van der Waals surface area contributed by atoms with Crippen LogP contribution in [0.1, 0.15) is 65.7 Å². The van der Waals surface area contributed by atoms with Crippen molar-refractivity contribution in [3.8, 4) is 0 Å². The van der Waals surface area contributed by atoms with Crippen molar-refractivity contribution in [1.29, 1.82) is 0 Å². The fourth-order valence-electron chi connectivity index (χ4n) is 3.44. The maximum absolute atomic E-state index is 11.8. The number of alkyl carbamates (subject to hydrolysis) is 1. The summed E-state index contributed by atoms with van der Waals surface area (Å²) in [5.74, 6) is 0.849. The van der Waals surface area contributed by atoms with E-state index in [0.29, 0.717) is 6.04 Å². The summed E-state index contributed by atoms with van der Waals surface area (Å²) >= 11 is 0. The van der Waals surface area contributed by atoms with Crippen LogP contribution in [-0.2, 0) is 4.74 Å². The zero-order valence-electron chi connectivity index (χ0n) is 14.0. The molecule has 1 amide bonds. The van der Waals surface area contributed by atoms with Gasteiger partial charge in [-0.3, -0.25) is 0 Å². The molecule has 0 bridgehead atoms. The Bertz CT molecular complexity index is 324. The lowest BCUT2D eigenvalue weighted by Crippen LogP contribution is -2.41. The summed E-state index contributed by atoms with van der Waals surface area (Å²) < 4.78 is 5.33. The number of nitrogens with zero attached hydrogens (tertiary/aromatic N) is 1. The van der Waals surface area contributed by atoms with Crippen LogP contribution in [0.15, 0.2) is 0 Å². The van der Waals surface area contributed by atoms with Crippen molar-refractivity contribution in [3.05, 3.63) is 0 Å². The Kier molecular flexibility index (Phi) is 5.91. The number of hydrogen-bond donors (Lipinski definition) is 1. The van der Waals surface area contributed by atoms with Gasteiger partial charge in [0.25, 0.3) is 0 Å². The van der Waals surface area contributed by atoms with Gasteiger partial charge >= 0.3 is 6.09 Å². The zero-order chi connectivity index (χ0) is 15.3. The Labute approximate surface area is 129 Å². The zero-order valence-corrected chi connectivity index (χ0v) is 14.0. The molecule has 2 rings (SSSR count). The molecule has 1 saturated carbocycles. The minimum absolute atomic E-state index is 0.261. The maximum Gasteiger partial charge on any atom is 0.407 e. The van der Waals surface area contributed by atoms with Gasteiger partial charge in [0, 0.05) is 6.04 Å². The third-order valence-electron chi connectivity index (χ3n) is 4.62. The van der Waals surface area contributed by atoms with Crippen LogP contribution in [0.25, 0.3) is 0 Å². The van der Waals surface area contributed by atoms with Crippen LogP contribution in [0, 0.1) is 5.92 Å². The predicted molar refractivity (Wildman–Crippen MR) is 85.4 cm³/mol. The van der Waals surface area contributed by atoms with E-state index in [1.54, 1.807) is 0 Å². The van der Waals surface area contributed by atoms with Gasteiger partial charge in [0.1, 0.15) is 5.60 Å². The molecular weight excluding hydrogens is 264 g/mol. The lowest BCUT2D eigenvalue weighted by Gasteiger charge is -2.30. The van der Waals surface area contributed by atoms with Crippen molar-refractivity contribution in [1.82, 2.24) is 10.2 Å². The highest BCUT2D eigenvalue weighted by atomic mass is 16.6. The summed E-state index contributed by atoms with van der Waals surface area (Å²) in [6, 6.07) is 0.308. The third kappa shape index (κ3) is 6.25. The largest absolute Gasteiger partial charge is 0.444 e. The second-order valence-electron chi connectivity index (χ2n) is 7.70. The minimum atomic E-state index is -0.406. The molecule has 0 atom stereocenters. The molecule has 122 valence electrons. The molecule has 0 aromatic rings. The van der Waals surface area contributed by atoms with E-state index >= 15 is 0 Å². The van der Waals surface area contributed by atoms with Crippen LogP contribution in [0.3, 0.4) is 0 Å². The quantitative estimate of drug-likeness (QED) is 0.862. The standard InChI is InChI=1S/C17H32N2O2/c1-17(2,3)21-16(20)18-15-8-6-14(7-9-15)10-13-19-11-4-5-12-19/h14-15H,4-13H2,1-3H3,(H,18,20)/t14-,15-. The molecule has 1 aliphatic heterocycles. The van der Waals surface area contributed by atoms with Gasteiger partial charge in [0.05, 0.1) is 0 Å². The average Bonchev–Trinajstić information content (AvgIpc) is 2.89. The molecule has 2 aliphatic rings. The molecular formula is C17H32N2O2. The number of amides is 1. The Morgan fingerprint density at radius 1 is 1.14 bits per heavy atom. The summed E-state index contributed by atoms with van der Waals surface area (Å²) in [6.07, 6.45) is 8.53. The summed E-state index contributed by atoms with van der Waals surface area (Å²) in [6.45, 7) is 9.59. The molecule has 0 radical (unpaired) electrons. The molecule has 4 heteroatoms. The van der Waals surface area contributed by atoms with Gasteiger partial charge in [-0.15, -0.1) is 0 Å². The first kappa shape index (κ1) is 16.6. The van der Waals surface area contributed by atoms with E-state index < -0.39 is 5.60 Å². The fourth-order valence-corrected chi connectivity index (χ4v) is 3.44. The number of ether oxygens (including phenoxy) is 1. The van der Waals surface area contributed by atoms with Gasteiger partial charge in [0.15, 0.2) is 0 Å². The third-order valence-corrected chi connectivity index (χ3v) is 4.62. The second-order valence-corrected chi connectivity index (χ2v) is 7.70. The molecule has 4 nitrogen and oxygen atoms in total. The number of carbonyl (C=O) groups excluding carboxylic acids is 1. The number of nitrogens with one attached hydrogen (secondary N) is 1. The van der Waals surface area contributed by atoms with Gasteiger partial charge < -0.3 is 15.0 Å². The van der Waals surface area contributed by atoms with Crippen LogP contribution in [0.2, 0.25) is 0 Å². The van der Waals surface area contributed by atoms with Crippen LogP contribution in [0.5, 0.6) is 0 Å². The lowest BCUT2D eigenvalue weighted by molar-refractivity contribution is 0.0486. The van der Waals surface area contributed by atoms with Crippen molar-refractivity contribution < 1.29 is 9.53 Å². The number of rotatable bonds is 4. The van der Waals surface area contributed by atoms with E-state index in [0.717, 1.165) is 18.8 Å². The van der Waals surface area contributed by atoms with Crippen LogP contribution in [0.4, 0.5) is 4.79 Å². The lowest BCUT2D eigenvalue weighted by atomic mass is 9.84. The van der Waals surface area contributed by atoms with Crippen molar-refractivity contribution in [2.45, 2.75) is 77.4 Å². The summed E-state index contributed by atoms with van der Waals surface area (Å²) in [5.41, 5.74) is -0.406. The highest BCUT2D eigenvalue weighted by molar-refractivity contribution is 5.68. The molecule has 1 heterocycles. The molecule has 0 unspecified atom stereocenters. The summed E-state index contributed by atoms with van der Waals surface area (Å²) in [7, 11) is 0. The second kappa shape index (κ2) is 7.48. The SMILES string of the molecule is CC(C)(C)OC(=O)N[C@H]1CC[C@H](CCN2CCCC2)CC1. The average molecular weight is 296 g/mol. The van der Waals surface area contributed by atoms with Crippen molar-refractivity contribution in [3.63, 3.8) is 0 Å². The van der Waals surface area contributed by atoms with E-state index in [2.05, 4.69) is 10.2 Å². The van der Waals surface area contributed by atoms with E-state index in [1.807, 2.05) is 20.8 Å². The molecule has 21 heavy (non-hydrogen) atoms. The topological polar surface area (TPSA) is 41.6 Å². The minimum Gasteiger partial charge on any atom is -0.444 e. The van der Waals surface area contributed by atoms with E-state index in [-0.39, 0.29) is 6.09 Å². The van der Waals surface area contributed by atoms with Crippen molar-refractivity contribution >= 4 is 6.09 Å². The van der Waals surface area contributed by atoms with E-state index in [1.165, 1.54) is 51.7 Å². The van der Waals surface area contributed by atoms with E-state index in [9.17, 15) is 4.79 Å². The van der Waals surface area contributed by atoms with Gasteiger partial charge in [-0.1, -0.05) is 0 Å². The smallest absolute Gasteiger partial charge is 0.407 e.